The van der Waals surface area contributed by atoms with Crippen LogP contribution >= 0.6 is 0 Å². The Morgan fingerprint density at radius 1 is 1.07 bits per heavy atom. The van der Waals surface area contributed by atoms with E-state index in [0.717, 1.165) is 0 Å². The number of carbonyl (C=O) groups is 2. The van der Waals surface area contributed by atoms with Gasteiger partial charge in [-0.1, -0.05) is 0 Å². The van der Waals surface area contributed by atoms with Crippen LogP contribution in [0, 0.1) is 5.92 Å². The van der Waals surface area contributed by atoms with Crippen molar-refractivity contribution in [2.75, 3.05) is 37.8 Å². The van der Waals surface area contributed by atoms with Crippen LogP contribution < -0.4 is 29.2 Å². The number of rotatable bonds is 5. The third kappa shape index (κ3) is 3.17. The lowest BCUT2D eigenvalue weighted by Crippen LogP contribution is -2.33. The highest BCUT2D eigenvalue weighted by atomic mass is 16.7. The van der Waals surface area contributed by atoms with E-state index in [-0.39, 0.29) is 18.6 Å². The molecular formula is C20H20N2O6. The first kappa shape index (κ1) is 18.0. The molecular weight excluding hydrogens is 364 g/mol. The molecule has 0 saturated carbocycles. The maximum Gasteiger partial charge on any atom is 0.239 e. The fraction of sp³-hybridized carbons (Fsp3) is 0.300. The molecule has 0 aromatic heterocycles. The van der Waals surface area contributed by atoms with Gasteiger partial charge in [0.15, 0.2) is 23.0 Å². The van der Waals surface area contributed by atoms with Crippen molar-refractivity contribution in [3.8, 4) is 23.0 Å². The fourth-order valence-corrected chi connectivity index (χ4v) is 3.38. The third-order valence-electron chi connectivity index (χ3n) is 4.84. The maximum absolute atomic E-state index is 12.8. The molecule has 2 aliphatic rings. The highest BCUT2D eigenvalue weighted by molar-refractivity contribution is 6.13. The van der Waals surface area contributed by atoms with E-state index in [9.17, 15) is 9.59 Å². The molecule has 0 bridgehead atoms. The van der Waals surface area contributed by atoms with Crippen LogP contribution in [-0.2, 0) is 9.59 Å². The van der Waals surface area contributed by atoms with E-state index in [2.05, 4.69) is 5.32 Å². The van der Waals surface area contributed by atoms with Crippen molar-refractivity contribution in [1.29, 1.82) is 0 Å². The summed E-state index contributed by atoms with van der Waals surface area (Å²) in [6.07, 6.45) is 0.437. The van der Waals surface area contributed by atoms with Gasteiger partial charge >= 0.3 is 0 Å². The molecule has 2 amide bonds. The highest BCUT2D eigenvalue weighted by Gasteiger charge is 2.38. The van der Waals surface area contributed by atoms with Gasteiger partial charge in [0.2, 0.25) is 18.6 Å². The molecule has 1 N–H and O–H groups in total. The third-order valence-corrected chi connectivity index (χ3v) is 4.84. The summed E-state index contributed by atoms with van der Waals surface area (Å²) in [7, 11) is 3.06. The van der Waals surface area contributed by atoms with Crippen molar-refractivity contribution in [2.45, 2.75) is 6.42 Å². The molecule has 1 saturated heterocycles. The average Bonchev–Trinajstić information content (AvgIpc) is 3.33. The van der Waals surface area contributed by atoms with Gasteiger partial charge in [-0.05, 0) is 30.7 Å². The largest absolute Gasteiger partial charge is 0.493 e. The zero-order valence-corrected chi connectivity index (χ0v) is 15.6. The molecule has 146 valence electrons. The quantitative estimate of drug-likeness (QED) is 0.797. The molecule has 0 aliphatic carbocycles. The van der Waals surface area contributed by atoms with Crippen molar-refractivity contribution >= 4 is 23.2 Å². The van der Waals surface area contributed by atoms with E-state index in [0.29, 0.717) is 47.3 Å². The number of anilines is 2. The van der Waals surface area contributed by atoms with Crippen molar-refractivity contribution in [2.24, 2.45) is 5.92 Å². The van der Waals surface area contributed by atoms with E-state index in [1.165, 1.54) is 14.2 Å². The smallest absolute Gasteiger partial charge is 0.239 e. The second kappa shape index (κ2) is 7.30. The van der Waals surface area contributed by atoms with E-state index in [1.807, 2.05) is 0 Å². The number of hydrogen-bond donors (Lipinski definition) is 1. The number of methoxy groups -OCH3 is 2. The summed E-state index contributed by atoms with van der Waals surface area (Å²) in [5, 5.41) is 2.79. The van der Waals surface area contributed by atoms with Crippen LogP contribution in [0.3, 0.4) is 0 Å². The van der Waals surface area contributed by atoms with Gasteiger partial charge in [-0.2, -0.15) is 0 Å². The van der Waals surface area contributed by atoms with Gasteiger partial charge in [-0.3, -0.25) is 9.59 Å². The Kier molecular flexibility index (Phi) is 4.68. The van der Waals surface area contributed by atoms with Gasteiger partial charge in [0.25, 0.3) is 0 Å². The molecule has 2 aromatic rings. The standard InChI is InChI=1S/C20H20N2O6/c1-25-15-5-3-12(9-17(15)26-2)21-19(23)14-7-8-22(20(14)24)13-4-6-16-18(10-13)28-11-27-16/h3-6,9-10,14H,7-8,11H2,1-2H3,(H,21,23)/t14-/m0/s1. The van der Waals surface area contributed by atoms with Crippen LogP contribution in [0.15, 0.2) is 36.4 Å². The molecule has 0 spiro atoms. The highest BCUT2D eigenvalue weighted by Crippen LogP contribution is 2.37. The Bertz CT molecular complexity index is 929. The van der Waals surface area contributed by atoms with Crippen LogP contribution in [0.1, 0.15) is 6.42 Å². The molecule has 0 radical (unpaired) electrons. The summed E-state index contributed by atoms with van der Waals surface area (Å²) in [5.41, 5.74) is 1.23. The Hall–Kier alpha value is -3.42. The van der Waals surface area contributed by atoms with Crippen molar-refractivity contribution < 1.29 is 28.5 Å². The SMILES string of the molecule is COc1ccc(NC(=O)[C@@H]2CCN(c3ccc4c(c3)OCO4)C2=O)cc1OC. The first-order chi connectivity index (χ1) is 13.6. The molecule has 1 atom stereocenters. The number of hydrogen-bond acceptors (Lipinski definition) is 6. The second-order valence-corrected chi connectivity index (χ2v) is 6.43. The zero-order valence-electron chi connectivity index (χ0n) is 15.6. The minimum atomic E-state index is -0.751. The minimum absolute atomic E-state index is 0.170. The van der Waals surface area contributed by atoms with Crippen molar-refractivity contribution in [3.63, 3.8) is 0 Å². The summed E-state index contributed by atoms with van der Waals surface area (Å²) in [6, 6.07) is 10.4. The average molecular weight is 384 g/mol. The molecule has 1 fully saturated rings. The van der Waals surface area contributed by atoms with E-state index in [4.69, 9.17) is 18.9 Å². The Morgan fingerprint density at radius 3 is 2.64 bits per heavy atom. The number of nitrogens with zero attached hydrogens (tertiary/aromatic N) is 1. The van der Waals surface area contributed by atoms with Crippen LogP contribution in [0.2, 0.25) is 0 Å². The van der Waals surface area contributed by atoms with Crippen molar-refractivity contribution in [1.82, 2.24) is 0 Å². The maximum atomic E-state index is 12.8. The number of fused-ring (bicyclic) bond motifs is 1. The van der Waals surface area contributed by atoms with E-state index in [1.54, 1.807) is 41.3 Å². The molecule has 8 nitrogen and oxygen atoms in total. The van der Waals surface area contributed by atoms with Crippen LogP contribution in [0.25, 0.3) is 0 Å². The van der Waals surface area contributed by atoms with Gasteiger partial charge in [0.1, 0.15) is 5.92 Å². The number of amides is 2. The predicted molar refractivity (Wildman–Crippen MR) is 101 cm³/mol. The van der Waals surface area contributed by atoms with E-state index < -0.39 is 5.92 Å². The molecule has 4 rings (SSSR count). The number of carbonyl (C=O) groups excluding carboxylic acids is 2. The van der Waals surface area contributed by atoms with Gasteiger partial charge in [0, 0.05) is 30.1 Å². The monoisotopic (exact) mass is 384 g/mol. The fourth-order valence-electron chi connectivity index (χ4n) is 3.38. The van der Waals surface area contributed by atoms with E-state index >= 15 is 0 Å². The number of benzene rings is 2. The first-order valence-electron chi connectivity index (χ1n) is 8.84. The zero-order chi connectivity index (χ0) is 19.7. The van der Waals surface area contributed by atoms with Gasteiger partial charge < -0.3 is 29.2 Å². The summed E-state index contributed by atoms with van der Waals surface area (Å²) < 4.78 is 21.1. The Labute approximate surface area is 161 Å². The predicted octanol–water partition coefficient (Wildman–Crippen LogP) is 2.42. The van der Waals surface area contributed by atoms with Crippen LogP contribution in [0.4, 0.5) is 11.4 Å². The molecule has 2 aliphatic heterocycles. The van der Waals surface area contributed by atoms with Crippen molar-refractivity contribution in [3.05, 3.63) is 36.4 Å². The topological polar surface area (TPSA) is 86.3 Å². The Morgan fingerprint density at radius 2 is 1.86 bits per heavy atom. The summed E-state index contributed by atoms with van der Waals surface area (Å²) in [4.78, 5) is 27.1. The normalized spacial score (nSPS) is 17.6. The lowest BCUT2D eigenvalue weighted by molar-refractivity contribution is -0.129. The minimum Gasteiger partial charge on any atom is -0.493 e. The number of nitrogens with one attached hydrogen (secondary N) is 1. The van der Waals surface area contributed by atoms with Gasteiger partial charge in [-0.25, -0.2) is 0 Å². The number of ether oxygens (including phenoxy) is 4. The molecule has 2 heterocycles. The van der Waals surface area contributed by atoms with Crippen LogP contribution in [0.5, 0.6) is 23.0 Å². The molecule has 0 unspecified atom stereocenters. The lowest BCUT2D eigenvalue weighted by atomic mass is 10.1. The molecule has 8 heteroatoms. The van der Waals surface area contributed by atoms with Crippen LogP contribution in [-0.4, -0.2) is 39.4 Å². The molecule has 2 aromatic carbocycles. The lowest BCUT2D eigenvalue weighted by Gasteiger charge is -2.17. The Balaban J connectivity index is 1.47. The first-order valence-corrected chi connectivity index (χ1v) is 8.84. The second-order valence-electron chi connectivity index (χ2n) is 6.43. The summed E-state index contributed by atoms with van der Waals surface area (Å²) in [5.74, 6) is 0.976. The summed E-state index contributed by atoms with van der Waals surface area (Å²) >= 11 is 0. The summed E-state index contributed by atoms with van der Waals surface area (Å²) in [6.45, 7) is 0.631. The molecule has 28 heavy (non-hydrogen) atoms. The van der Waals surface area contributed by atoms with Gasteiger partial charge in [-0.15, -0.1) is 0 Å². The van der Waals surface area contributed by atoms with Gasteiger partial charge in [0.05, 0.1) is 14.2 Å².